The molecule has 3 heterocycles. The molecule has 0 saturated carbocycles. The summed E-state index contributed by atoms with van der Waals surface area (Å²) in [5, 5.41) is 5.03. The monoisotopic (exact) mass is 355 g/mol. The van der Waals surface area contributed by atoms with Gasteiger partial charge in [-0.25, -0.2) is 0 Å². The van der Waals surface area contributed by atoms with E-state index in [1.165, 1.54) is 10.4 Å². The average molecular weight is 355 g/mol. The summed E-state index contributed by atoms with van der Waals surface area (Å²) in [6, 6.07) is 9.54. The van der Waals surface area contributed by atoms with E-state index < -0.39 is 0 Å². The summed E-state index contributed by atoms with van der Waals surface area (Å²) in [4.78, 5) is 30.6. The van der Waals surface area contributed by atoms with Crippen LogP contribution >= 0.6 is 11.3 Å². The van der Waals surface area contributed by atoms with Gasteiger partial charge in [-0.1, -0.05) is 12.1 Å². The van der Waals surface area contributed by atoms with Gasteiger partial charge in [0.2, 0.25) is 11.8 Å². The molecule has 4 rings (SSSR count). The maximum atomic E-state index is 13.1. The van der Waals surface area contributed by atoms with Crippen LogP contribution < -0.4 is 10.2 Å². The summed E-state index contributed by atoms with van der Waals surface area (Å²) in [6.07, 6.45) is 1.32. The molecule has 1 N–H and O–H groups in total. The Hall–Kier alpha value is -2.18. The second kappa shape index (κ2) is 6.61. The van der Waals surface area contributed by atoms with Gasteiger partial charge in [0.05, 0.1) is 17.9 Å². The van der Waals surface area contributed by atoms with E-state index in [1.807, 2.05) is 31.2 Å². The van der Waals surface area contributed by atoms with Gasteiger partial charge in [0.1, 0.15) is 0 Å². The number of carbonyl (C=O) groups is 2. The van der Waals surface area contributed by atoms with Crippen molar-refractivity contribution in [2.75, 3.05) is 23.3 Å². The Morgan fingerprint density at radius 3 is 3.04 bits per heavy atom. The lowest BCUT2D eigenvalue weighted by atomic mass is 10.1. The number of nitrogens with zero attached hydrogens (tertiary/aromatic N) is 2. The topological polar surface area (TPSA) is 52.7 Å². The molecule has 2 aliphatic rings. The van der Waals surface area contributed by atoms with Crippen molar-refractivity contribution in [2.45, 2.75) is 32.4 Å². The Labute approximate surface area is 151 Å². The van der Waals surface area contributed by atoms with E-state index in [2.05, 4.69) is 21.7 Å². The van der Waals surface area contributed by atoms with E-state index in [9.17, 15) is 9.59 Å². The summed E-state index contributed by atoms with van der Waals surface area (Å²) < 4.78 is 0. The molecule has 1 atom stereocenters. The molecule has 0 spiro atoms. The molecule has 2 aliphatic heterocycles. The van der Waals surface area contributed by atoms with Gasteiger partial charge in [-0.15, -0.1) is 11.3 Å². The van der Waals surface area contributed by atoms with Crippen molar-refractivity contribution in [1.82, 2.24) is 4.90 Å². The van der Waals surface area contributed by atoms with Crippen molar-refractivity contribution < 1.29 is 9.59 Å². The Morgan fingerprint density at radius 2 is 2.16 bits per heavy atom. The number of para-hydroxylation sites is 2. The number of rotatable bonds is 2. The number of hydrogen-bond acceptors (Lipinski definition) is 4. The van der Waals surface area contributed by atoms with Crippen molar-refractivity contribution >= 4 is 34.5 Å². The second-order valence-corrected chi connectivity index (χ2v) is 7.71. The molecule has 0 radical (unpaired) electrons. The number of thiophene rings is 1. The zero-order valence-corrected chi connectivity index (χ0v) is 15.0. The molecule has 2 aromatic rings. The SMILES string of the molecule is C[C@@H]1CC(=O)Nc2ccccc2N1C(=O)CN1CCc2sccc2C1. The van der Waals surface area contributed by atoms with Gasteiger partial charge in [-0.05, 0) is 42.5 Å². The van der Waals surface area contributed by atoms with E-state index in [4.69, 9.17) is 0 Å². The van der Waals surface area contributed by atoms with E-state index in [1.54, 1.807) is 16.2 Å². The first-order valence-electron chi connectivity index (χ1n) is 8.60. The predicted molar refractivity (Wildman–Crippen MR) is 99.9 cm³/mol. The first-order chi connectivity index (χ1) is 12.1. The molecule has 0 bridgehead atoms. The summed E-state index contributed by atoms with van der Waals surface area (Å²) in [7, 11) is 0. The highest BCUT2D eigenvalue weighted by Crippen LogP contribution is 2.32. The van der Waals surface area contributed by atoms with Gasteiger partial charge in [0, 0.05) is 30.4 Å². The first-order valence-corrected chi connectivity index (χ1v) is 9.48. The molecular formula is C19H21N3O2S. The molecule has 130 valence electrons. The molecule has 25 heavy (non-hydrogen) atoms. The smallest absolute Gasteiger partial charge is 0.241 e. The minimum Gasteiger partial charge on any atom is -0.324 e. The largest absolute Gasteiger partial charge is 0.324 e. The second-order valence-electron chi connectivity index (χ2n) is 6.71. The number of anilines is 2. The highest BCUT2D eigenvalue weighted by Gasteiger charge is 2.31. The van der Waals surface area contributed by atoms with Crippen molar-refractivity contribution in [3.05, 3.63) is 46.2 Å². The molecule has 6 heteroatoms. The zero-order chi connectivity index (χ0) is 17.4. The van der Waals surface area contributed by atoms with E-state index >= 15 is 0 Å². The van der Waals surface area contributed by atoms with Crippen LogP contribution in [-0.2, 0) is 22.6 Å². The van der Waals surface area contributed by atoms with Gasteiger partial charge in [-0.2, -0.15) is 0 Å². The van der Waals surface area contributed by atoms with Crippen LogP contribution in [0.25, 0.3) is 0 Å². The van der Waals surface area contributed by atoms with Gasteiger partial charge >= 0.3 is 0 Å². The zero-order valence-electron chi connectivity index (χ0n) is 14.2. The first kappa shape index (κ1) is 16.3. The standard InChI is InChI=1S/C19H21N3O2S/c1-13-10-18(23)20-15-4-2-3-5-16(15)22(13)19(24)12-21-8-6-17-14(11-21)7-9-25-17/h2-5,7,9,13H,6,8,10-12H2,1H3,(H,20,23)/t13-/m1/s1. The van der Waals surface area contributed by atoms with Crippen molar-refractivity contribution in [2.24, 2.45) is 0 Å². The lowest BCUT2D eigenvalue weighted by Gasteiger charge is -2.32. The highest BCUT2D eigenvalue weighted by atomic mass is 32.1. The molecule has 0 fully saturated rings. The molecule has 0 unspecified atom stereocenters. The van der Waals surface area contributed by atoms with Gasteiger partial charge in [-0.3, -0.25) is 14.5 Å². The molecule has 1 aromatic carbocycles. The minimum absolute atomic E-state index is 0.0452. The van der Waals surface area contributed by atoms with Gasteiger partial charge in [0.15, 0.2) is 0 Å². The van der Waals surface area contributed by atoms with Crippen molar-refractivity contribution in [3.8, 4) is 0 Å². The minimum atomic E-state index is -0.155. The number of hydrogen-bond donors (Lipinski definition) is 1. The van der Waals surface area contributed by atoms with Crippen molar-refractivity contribution in [1.29, 1.82) is 0 Å². The third kappa shape index (κ3) is 3.19. The fourth-order valence-corrected chi connectivity index (χ4v) is 4.57. The van der Waals surface area contributed by atoms with E-state index in [0.717, 1.165) is 25.2 Å². The molecule has 5 nitrogen and oxygen atoms in total. The maximum Gasteiger partial charge on any atom is 0.241 e. The van der Waals surface area contributed by atoms with Gasteiger partial charge in [0.25, 0.3) is 0 Å². The summed E-state index contributed by atoms with van der Waals surface area (Å²) in [5.74, 6) is 0.00580. The van der Waals surface area contributed by atoms with E-state index in [0.29, 0.717) is 18.7 Å². The Morgan fingerprint density at radius 1 is 1.32 bits per heavy atom. The van der Waals surface area contributed by atoms with Gasteiger partial charge < -0.3 is 10.2 Å². The van der Waals surface area contributed by atoms with Crippen molar-refractivity contribution in [3.63, 3.8) is 0 Å². The molecular weight excluding hydrogens is 334 g/mol. The normalized spacial score (nSPS) is 20.4. The number of amides is 2. The van der Waals surface area contributed by atoms with Crippen LogP contribution in [0.5, 0.6) is 0 Å². The molecule has 2 amide bonds. The Bertz CT molecular complexity index is 817. The third-order valence-electron chi connectivity index (χ3n) is 4.87. The average Bonchev–Trinajstić information content (AvgIpc) is 2.99. The van der Waals surface area contributed by atoms with Crippen LogP contribution in [0, 0.1) is 0 Å². The highest BCUT2D eigenvalue weighted by molar-refractivity contribution is 7.10. The van der Waals surface area contributed by atoms with Crippen LogP contribution in [0.1, 0.15) is 23.8 Å². The van der Waals surface area contributed by atoms with Crippen LogP contribution in [0.2, 0.25) is 0 Å². The molecule has 1 aromatic heterocycles. The van der Waals surface area contributed by atoms with Crippen LogP contribution in [-0.4, -0.2) is 35.8 Å². The lowest BCUT2D eigenvalue weighted by Crippen LogP contribution is -2.46. The number of fused-ring (bicyclic) bond motifs is 2. The summed E-state index contributed by atoms with van der Waals surface area (Å²) >= 11 is 1.80. The number of nitrogens with one attached hydrogen (secondary N) is 1. The quantitative estimate of drug-likeness (QED) is 0.901. The number of carbonyl (C=O) groups excluding carboxylic acids is 2. The third-order valence-corrected chi connectivity index (χ3v) is 5.90. The lowest BCUT2D eigenvalue weighted by molar-refractivity contribution is -0.120. The maximum absolute atomic E-state index is 13.1. The Kier molecular flexibility index (Phi) is 4.31. The predicted octanol–water partition coefficient (Wildman–Crippen LogP) is 2.87. The summed E-state index contributed by atoms with van der Waals surface area (Å²) in [5.41, 5.74) is 2.84. The van der Waals surface area contributed by atoms with E-state index in [-0.39, 0.29) is 17.9 Å². The van der Waals surface area contributed by atoms with Crippen LogP contribution in [0.3, 0.4) is 0 Å². The Balaban J connectivity index is 1.56. The summed E-state index contributed by atoms with van der Waals surface area (Å²) in [6.45, 7) is 4.04. The van der Waals surface area contributed by atoms with Crippen LogP contribution in [0.4, 0.5) is 11.4 Å². The fraction of sp³-hybridized carbons (Fsp3) is 0.368. The fourth-order valence-electron chi connectivity index (χ4n) is 3.68. The number of benzene rings is 1. The molecule has 0 saturated heterocycles. The van der Waals surface area contributed by atoms with Crippen LogP contribution in [0.15, 0.2) is 35.7 Å². The molecule has 0 aliphatic carbocycles.